The fourth-order valence-electron chi connectivity index (χ4n) is 5.84. The van der Waals surface area contributed by atoms with Crippen molar-refractivity contribution in [2.24, 2.45) is 32.5 Å². The maximum Gasteiger partial charge on any atom is -0.0173 e. The highest BCUT2D eigenvalue weighted by Gasteiger charge is 2.92. The Morgan fingerprint density at radius 2 is 0.625 bits per heavy atom. The lowest BCUT2D eigenvalue weighted by atomic mass is 9.59. The molecule has 0 aromatic carbocycles. The molecule has 0 heterocycles. The molecule has 3 saturated carbocycles. The topological polar surface area (TPSA) is 0 Å². The third-order valence-electron chi connectivity index (χ3n) is 8.99. The van der Waals surface area contributed by atoms with Crippen LogP contribution in [-0.2, 0) is 0 Å². The van der Waals surface area contributed by atoms with Crippen molar-refractivity contribution in [3.8, 4) is 0 Å². The summed E-state index contributed by atoms with van der Waals surface area (Å²) in [6.07, 6.45) is 2.97. The average molecular weight is 220 g/mol. The molecular weight excluding hydrogens is 192 g/mol. The van der Waals surface area contributed by atoms with Crippen LogP contribution in [-0.4, -0.2) is 0 Å². The van der Waals surface area contributed by atoms with E-state index in [-0.39, 0.29) is 0 Å². The van der Waals surface area contributed by atoms with Crippen molar-refractivity contribution in [1.82, 2.24) is 0 Å². The lowest BCUT2D eigenvalue weighted by Gasteiger charge is -2.45. The number of rotatable bonds is 0. The van der Waals surface area contributed by atoms with Crippen molar-refractivity contribution in [3.63, 3.8) is 0 Å². The van der Waals surface area contributed by atoms with Crippen LogP contribution in [0.1, 0.15) is 68.2 Å². The van der Waals surface area contributed by atoms with Crippen molar-refractivity contribution in [2.75, 3.05) is 0 Å². The second-order valence-electron chi connectivity index (χ2n) is 9.02. The number of hydrogen-bond donors (Lipinski definition) is 0. The summed E-state index contributed by atoms with van der Waals surface area (Å²) in [6, 6.07) is 0. The molecule has 0 heteroatoms. The van der Waals surface area contributed by atoms with Crippen LogP contribution < -0.4 is 0 Å². The molecular formula is C16H28. The van der Waals surface area contributed by atoms with Gasteiger partial charge in [0.15, 0.2) is 0 Å². The summed E-state index contributed by atoms with van der Waals surface area (Å²) in [6.45, 7) is 19.9. The molecule has 0 radical (unpaired) electrons. The quantitative estimate of drug-likeness (QED) is 0.545. The van der Waals surface area contributed by atoms with Gasteiger partial charge in [0.2, 0.25) is 0 Å². The van der Waals surface area contributed by atoms with Gasteiger partial charge in [-0.25, -0.2) is 0 Å². The van der Waals surface area contributed by atoms with Gasteiger partial charge in [0, 0.05) is 0 Å². The van der Waals surface area contributed by atoms with Crippen molar-refractivity contribution in [3.05, 3.63) is 0 Å². The van der Waals surface area contributed by atoms with Crippen LogP contribution in [0.25, 0.3) is 0 Å². The maximum absolute atomic E-state index is 2.49. The van der Waals surface area contributed by atoms with E-state index < -0.39 is 0 Å². The van der Waals surface area contributed by atoms with E-state index in [9.17, 15) is 0 Å². The molecule has 16 heavy (non-hydrogen) atoms. The van der Waals surface area contributed by atoms with Gasteiger partial charge in [0.05, 0.1) is 0 Å². The molecule has 0 atom stereocenters. The predicted molar refractivity (Wildman–Crippen MR) is 69.2 cm³/mol. The van der Waals surface area contributed by atoms with Gasteiger partial charge < -0.3 is 0 Å². The molecule has 0 saturated heterocycles. The molecule has 0 aliphatic heterocycles. The average Bonchev–Trinajstić information content (AvgIpc) is 2.50. The van der Waals surface area contributed by atoms with E-state index in [1.807, 2.05) is 0 Å². The normalized spacial score (nSPS) is 40.5. The molecule has 0 unspecified atom stereocenters. The molecule has 0 nitrogen and oxygen atoms in total. The first-order valence-electron chi connectivity index (χ1n) is 6.91. The minimum absolute atomic E-state index is 0.569. The van der Waals surface area contributed by atoms with Gasteiger partial charge in [-0.3, -0.25) is 0 Å². The van der Waals surface area contributed by atoms with Gasteiger partial charge in [-0.15, -0.1) is 0 Å². The third kappa shape index (κ3) is 0.616. The first kappa shape index (κ1) is 11.1. The molecule has 0 amide bonds. The van der Waals surface area contributed by atoms with Gasteiger partial charge in [-0.05, 0) is 45.3 Å². The van der Waals surface area contributed by atoms with Crippen molar-refractivity contribution >= 4 is 0 Å². The highest BCUT2D eigenvalue weighted by Crippen LogP contribution is 2.99. The van der Waals surface area contributed by atoms with E-state index in [2.05, 4.69) is 55.4 Å². The van der Waals surface area contributed by atoms with Crippen LogP contribution in [0.3, 0.4) is 0 Å². The monoisotopic (exact) mass is 220 g/mol. The zero-order valence-corrected chi connectivity index (χ0v) is 12.4. The predicted octanol–water partition coefficient (Wildman–Crippen LogP) is 4.89. The Bertz CT molecular complexity index is 305. The summed E-state index contributed by atoms with van der Waals surface area (Å²) >= 11 is 0. The molecule has 92 valence electrons. The minimum atomic E-state index is 0.569. The van der Waals surface area contributed by atoms with Crippen LogP contribution in [0.5, 0.6) is 0 Å². The molecule has 2 spiro atoms. The molecule has 3 aliphatic carbocycles. The highest BCUT2D eigenvalue weighted by molar-refractivity contribution is 5.40. The molecule has 3 rings (SSSR count). The van der Waals surface area contributed by atoms with Crippen molar-refractivity contribution in [1.29, 1.82) is 0 Å². The van der Waals surface area contributed by atoms with Crippen LogP contribution in [0, 0.1) is 32.5 Å². The second kappa shape index (κ2) is 2.04. The van der Waals surface area contributed by atoms with Crippen LogP contribution >= 0.6 is 0 Å². The first-order valence-corrected chi connectivity index (χ1v) is 6.91. The van der Waals surface area contributed by atoms with Crippen LogP contribution in [0.4, 0.5) is 0 Å². The lowest BCUT2D eigenvalue weighted by Crippen LogP contribution is -2.37. The van der Waals surface area contributed by atoms with Gasteiger partial charge in [-0.1, -0.05) is 55.4 Å². The SMILES string of the molecule is CC1(C)C(C)(C)C12CC1(C2)C(C)(C)C1(C)C. The fourth-order valence-corrected chi connectivity index (χ4v) is 5.84. The molecule has 0 N–H and O–H groups in total. The molecule has 3 aliphatic rings. The Kier molecular flexibility index (Phi) is 1.41. The van der Waals surface area contributed by atoms with Crippen molar-refractivity contribution < 1.29 is 0 Å². The van der Waals surface area contributed by atoms with Gasteiger partial charge >= 0.3 is 0 Å². The zero-order chi connectivity index (χ0) is 12.4. The fraction of sp³-hybridized carbons (Fsp3) is 1.00. The van der Waals surface area contributed by atoms with E-state index in [0.717, 1.165) is 0 Å². The molecule has 0 bridgehead atoms. The van der Waals surface area contributed by atoms with Gasteiger partial charge in [0.1, 0.15) is 0 Å². The summed E-state index contributed by atoms with van der Waals surface area (Å²) in [5.41, 5.74) is 3.62. The van der Waals surface area contributed by atoms with Gasteiger partial charge in [0.25, 0.3) is 0 Å². The Balaban J connectivity index is 1.89. The largest absolute Gasteiger partial charge is 0.0588 e. The standard InChI is InChI=1S/C16H28/c1-11(2)12(3,4)15(11)9-16(10-15)13(5,6)14(16,7)8/h9-10H2,1-8H3. The first-order chi connectivity index (χ1) is 6.91. The third-order valence-corrected chi connectivity index (χ3v) is 8.99. The smallest absolute Gasteiger partial charge is 0.0173 e. The maximum atomic E-state index is 2.49. The number of hydrogen-bond acceptors (Lipinski definition) is 0. The minimum Gasteiger partial charge on any atom is -0.0588 e. The summed E-state index contributed by atoms with van der Waals surface area (Å²) in [4.78, 5) is 0. The Labute approximate surface area is 101 Å². The van der Waals surface area contributed by atoms with Crippen LogP contribution in [0.2, 0.25) is 0 Å². The Hall–Kier alpha value is 0. The second-order valence-corrected chi connectivity index (χ2v) is 9.02. The Morgan fingerprint density at radius 3 is 0.750 bits per heavy atom. The van der Waals surface area contributed by atoms with E-state index in [1.54, 1.807) is 0 Å². The lowest BCUT2D eigenvalue weighted by molar-refractivity contribution is 0.0385. The van der Waals surface area contributed by atoms with Crippen LogP contribution in [0.15, 0.2) is 0 Å². The molecule has 0 aromatic heterocycles. The van der Waals surface area contributed by atoms with Gasteiger partial charge in [-0.2, -0.15) is 0 Å². The van der Waals surface area contributed by atoms with Crippen molar-refractivity contribution in [2.45, 2.75) is 68.2 Å². The Morgan fingerprint density at radius 1 is 0.438 bits per heavy atom. The molecule has 3 fully saturated rings. The summed E-state index contributed by atoms with van der Waals surface area (Å²) < 4.78 is 0. The summed E-state index contributed by atoms with van der Waals surface area (Å²) in [5, 5.41) is 0. The summed E-state index contributed by atoms with van der Waals surface area (Å²) in [7, 11) is 0. The summed E-state index contributed by atoms with van der Waals surface area (Å²) in [5.74, 6) is 0. The van der Waals surface area contributed by atoms with E-state index in [0.29, 0.717) is 32.5 Å². The highest BCUT2D eigenvalue weighted by atomic mass is 15.0. The van der Waals surface area contributed by atoms with E-state index in [4.69, 9.17) is 0 Å². The zero-order valence-electron chi connectivity index (χ0n) is 12.4. The molecule has 0 aromatic rings. The van der Waals surface area contributed by atoms with E-state index >= 15 is 0 Å². The van der Waals surface area contributed by atoms with E-state index in [1.165, 1.54) is 12.8 Å².